The van der Waals surface area contributed by atoms with Gasteiger partial charge in [0.05, 0.1) is 13.7 Å². The minimum Gasteiger partial charge on any atom is -0.497 e. The van der Waals surface area contributed by atoms with E-state index in [1.165, 1.54) is 5.56 Å². The molecule has 1 amide bonds. The first-order valence-electron chi connectivity index (χ1n) is 10.0. The lowest BCUT2D eigenvalue weighted by atomic mass is 9.92. The molecule has 2 aromatic carbocycles. The largest absolute Gasteiger partial charge is 0.497 e. The molecule has 1 aliphatic carbocycles. The normalized spacial score (nSPS) is 18.6. The van der Waals surface area contributed by atoms with Gasteiger partial charge in [-0.05, 0) is 66.6 Å². The van der Waals surface area contributed by atoms with E-state index in [1.807, 2.05) is 47.4 Å². The summed E-state index contributed by atoms with van der Waals surface area (Å²) in [5.74, 6) is 1.32. The number of aromatic nitrogens is 1. The van der Waals surface area contributed by atoms with Crippen LogP contribution in [-0.2, 0) is 11.2 Å². The second-order valence-corrected chi connectivity index (χ2v) is 8.28. The Bertz CT molecular complexity index is 1060. The van der Waals surface area contributed by atoms with Crippen LogP contribution in [0.4, 0.5) is 4.79 Å². The fourth-order valence-corrected chi connectivity index (χ4v) is 4.32. The Kier molecular flexibility index (Phi) is 4.63. The number of amides is 1. The van der Waals surface area contributed by atoms with Gasteiger partial charge in [0.1, 0.15) is 11.8 Å². The Morgan fingerprint density at radius 3 is 2.72 bits per heavy atom. The number of benzene rings is 2. The third-order valence-corrected chi connectivity index (χ3v) is 6.13. The predicted molar refractivity (Wildman–Crippen MR) is 113 cm³/mol. The van der Waals surface area contributed by atoms with Crippen molar-refractivity contribution in [1.82, 2.24) is 9.88 Å². The fraction of sp³-hybridized carbons (Fsp3) is 0.348. The Balaban J connectivity index is 1.57. The van der Waals surface area contributed by atoms with E-state index in [-0.39, 0.29) is 12.1 Å². The lowest BCUT2D eigenvalue weighted by molar-refractivity contribution is 0.0852. The highest BCUT2D eigenvalue weighted by molar-refractivity contribution is 6.31. The number of rotatable bonds is 4. The quantitative estimate of drug-likeness (QED) is 0.633. The highest BCUT2D eigenvalue weighted by Gasteiger charge is 2.36. The molecule has 1 fully saturated rings. The zero-order chi connectivity index (χ0) is 20.0. The molecule has 29 heavy (non-hydrogen) atoms. The molecule has 150 valence electrons. The Morgan fingerprint density at radius 1 is 1.21 bits per heavy atom. The maximum atomic E-state index is 13.0. The van der Waals surface area contributed by atoms with Crippen molar-refractivity contribution in [1.29, 1.82) is 0 Å². The number of nitrogens with zero attached hydrogens (tertiary/aromatic N) is 1. The van der Waals surface area contributed by atoms with E-state index in [1.54, 1.807) is 7.11 Å². The average Bonchev–Trinajstić information content (AvgIpc) is 3.51. The van der Waals surface area contributed by atoms with Crippen molar-refractivity contribution in [2.45, 2.75) is 25.3 Å². The van der Waals surface area contributed by atoms with Crippen LogP contribution in [0.25, 0.3) is 10.9 Å². The van der Waals surface area contributed by atoms with Crippen molar-refractivity contribution >= 4 is 28.6 Å². The van der Waals surface area contributed by atoms with E-state index in [9.17, 15) is 4.79 Å². The van der Waals surface area contributed by atoms with Gasteiger partial charge in [0.25, 0.3) is 0 Å². The van der Waals surface area contributed by atoms with E-state index in [2.05, 4.69) is 4.98 Å². The average molecular weight is 411 g/mol. The standard InChI is InChI=1S/C23H23ClN2O3/c1-28-17-7-4-15(5-8-17)22-21-18(19-12-16(24)6-9-20(19)25-21)10-11-26(22)23(27)29-13-14-2-3-14/h4-9,12,14,22,25H,2-3,10-11,13H2,1H3. The van der Waals surface area contributed by atoms with E-state index in [0.717, 1.165) is 47.2 Å². The molecule has 1 aromatic heterocycles. The number of ether oxygens (including phenoxy) is 2. The van der Waals surface area contributed by atoms with Crippen molar-refractivity contribution in [3.63, 3.8) is 0 Å². The summed E-state index contributed by atoms with van der Waals surface area (Å²) in [5, 5.41) is 1.84. The van der Waals surface area contributed by atoms with Gasteiger partial charge in [-0.1, -0.05) is 23.7 Å². The molecular formula is C23H23ClN2O3. The summed E-state index contributed by atoms with van der Waals surface area (Å²) in [5.41, 5.74) is 4.30. The van der Waals surface area contributed by atoms with Gasteiger partial charge in [0, 0.05) is 28.2 Å². The number of carbonyl (C=O) groups excluding carboxylic acids is 1. The maximum Gasteiger partial charge on any atom is 0.410 e. The molecule has 1 unspecified atom stereocenters. The first kappa shape index (κ1) is 18.4. The van der Waals surface area contributed by atoms with Crippen LogP contribution >= 0.6 is 11.6 Å². The molecule has 0 saturated heterocycles. The van der Waals surface area contributed by atoms with Crippen LogP contribution in [0, 0.1) is 5.92 Å². The molecule has 1 atom stereocenters. The summed E-state index contributed by atoms with van der Waals surface area (Å²) in [6, 6.07) is 13.5. The minimum absolute atomic E-state index is 0.234. The second kappa shape index (κ2) is 7.30. The predicted octanol–water partition coefficient (Wildman–Crippen LogP) is 5.32. The van der Waals surface area contributed by atoms with Crippen molar-refractivity contribution in [2.24, 2.45) is 5.92 Å². The topological polar surface area (TPSA) is 54.6 Å². The number of hydrogen-bond acceptors (Lipinski definition) is 3. The van der Waals surface area contributed by atoms with Crippen molar-refractivity contribution in [3.05, 3.63) is 64.3 Å². The second-order valence-electron chi connectivity index (χ2n) is 7.85. The molecule has 0 spiro atoms. The Labute approximate surface area is 174 Å². The lowest BCUT2D eigenvalue weighted by Gasteiger charge is -2.35. The molecule has 3 aromatic rings. The summed E-state index contributed by atoms with van der Waals surface area (Å²) in [6.45, 7) is 1.12. The number of aromatic amines is 1. The zero-order valence-corrected chi connectivity index (χ0v) is 17.0. The summed E-state index contributed by atoms with van der Waals surface area (Å²) < 4.78 is 10.9. The lowest BCUT2D eigenvalue weighted by Crippen LogP contribution is -2.41. The minimum atomic E-state index is -0.250. The van der Waals surface area contributed by atoms with Crippen LogP contribution in [0.3, 0.4) is 0 Å². The summed E-state index contributed by atoms with van der Waals surface area (Å²) in [6.07, 6.45) is 2.82. The van der Waals surface area contributed by atoms with Gasteiger partial charge in [-0.2, -0.15) is 0 Å². The van der Waals surface area contributed by atoms with Crippen LogP contribution in [-0.4, -0.2) is 36.2 Å². The summed E-state index contributed by atoms with van der Waals surface area (Å²) >= 11 is 6.25. The molecule has 1 saturated carbocycles. The first-order chi connectivity index (χ1) is 14.1. The van der Waals surface area contributed by atoms with E-state index < -0.39 is 0 Å². The van der Waals surface area contributed by atoms with Gasteiger partial charge < -0.3 is 14.5 Å². The van der Waals surface area contributed by atoms with E-state index >= 15 is 0 Å². The van der Waals surface area contributed by atoms with Crippen molar-refractivity contribution in [3.8, 4) is 5.75 Å². The number of methoxy groups -OCH3 is 1. The van der Waals surface area contributed by atoms with Gasteiger partial charge in [-0.15, -0.1) is 0 Å². The molecule has 2 aliphatic rings. The van der Waals surface area contributed by atoms with Gasteiger partial charge in [0.15, 0.2) is 0 Å². The first-order valence-corrected chi connectivity index (χ1v) is 10.4. The molecule has 1 N–H and O–H groups in total. The smallest absolute Gasteiger partial charge is 0.410 e. The molecule has 5 nitrogen and oxygen atoms in total. The fourth-order valence-electron chi connectivity index (χ4n) is 4.15. The van der Waals surface area contributed by atoms with Gasteiger partial charge in [0.2, 0.25) is 0 Å². The molecular weight excluding hydrogens is 388 g/mol. The summed E-state index contributed by atoms with van der Waals surface area (Å²) in [7, 11) is 1.65. The number of hydrogen-bond donors (Lipinski definition) is 1. The van der Waals surface area contributed by atoms with Crippen LogP contribution in [0.2, 0.25) is 5.02 Å². The van der Waals surface area contributed by atoms with Crippen LogP contribution in [0.1, 0.15) is 35.7 Å². The third kappa shape index (κ3) is 3.44. The van der Waals surface area contributed by atoms with Crippen molar-refractivity contribution < 1.29 is 14.3 Å². The number of fused-ring (bicyclic) bond motifs is 3. The van der Waals surface area contributed by atoms with E-state index in [4.69, 9.17) is 21.1 Å². The molecule has 2 heterocycles. The molecule has 5 rings (SSSR count). The van der Waals surface area contributed by atoms with Crippen LogP contribution < -0.4 is 4.74 Å². The highest BCUT2D eigenvalue weighted by atomic mass is 35.5. The number of H-pyrrole nitrogens is 1. The van der Waals surface area contributed by atoms with E-state index in [0.29, 0.717) is 24.1 Å². The summed E-state index contributed by atoms with van der Waals surface area (Å²) in [4.78, 5) is 18.3. The highest BCUT2D eigenvalue weighted by Crippen LogP contribution is 2.40. The molecule has 0 radical (unpaired) electrons. The molecule has 6 heteroatoms. The molecule has 1 aliphatic heterocycles. The van der Waals surface area contributed by atoms with Crippen molar-refractivity contribution in [2.75, 3.05) is 20.3 Å². The van der Waals surface area contributed by atoms with Gasteiger partial charge >= 0.3 is 6.09 Å². The number of nitrogens with one attached hydrogen (secondary N) is 1. The maximum absolute atomic E-state index is 13.0. The monoisotopic (exact) mass is 410 g/mol. The van der Waals surface area contributed by atoms with Crippen LogP contribution in [0.15, 0.2) is 42.5 Å². The molecule has 0 bridgehead atoms. The zero-order valence-electron chi connectivity index (χ0n) is 16.3. The third-order valence-electron chi connectivity index (χ3n) is 5.89. The Hall–Kier alpha value is -2.66. The SMILES string of the molecule is COc1ccc(C2c3[nH]c4ccc(Cl)cc4c3CCN2C(=O)OCC2CC2)cc1. The van der Waals surface area contributed by atoms with Gasteiger partial charge in [-0.3, -0.25) is 4.90 Å². The van der Waals surface area contributed by atoms with Gasteiger partial charge in [-0.25, -0.2) is 4.79 Å². The van der Waals surface area contributed by atoms with Crippen LogP contribution in [0.5, 0.6) is 5.75 Å². The number of carbonyl (C=O) groups is 1. The Morgan fingerprint density at radius 2 is 2.00 bits per heavy atom. The number of halogens is 1.